The summed E-state index contributed by atoms with van der Waals surface area (Å²) in [5.74, 6) is 0.715. The van der Waals surface area contributed by atoms with E-state index in [0.29, 0.717) is 12.0 Å². The van der Waals surface area contributed by atoms with Crippen LogP contribution in [0.3, 0.4) is 0 Å². The van der Waals surface area contributed by atoms with Gasteiger partial charge in [-0.25, -0.2) is 0 Å². The number of likely N-dealkylation sites (N-methyl/N-ethyl adjacent to an activating group) is 1. The van der Waals surface area contributed by atoms with Crippen LogP contribution in [0.5, 0.6) is 0 Å². The fourth-order valence-electron chi connectivity index (χ4n) is 1.70. The van der Waals surface area contributed by atoms with Gasteiger partial charge >= 0.3 is 0 Å². The van der Waals surface area contributed by atoms with Crippen molar-refractivity contribution in [3.8, 4) is 0 Å². The molecule has 0 heterocycles. The highest BCUT2D eigenvalue weighted by atomic mass is 14.9. The topological polar surface area (TPSA) is 12.0 Å². The van der Waals surface area contributed by atoms with E-state index in [1.807, 2.05) is 0 Å². The molecule has 0 bridgehead atoms. The van der Waals surface area contributed by atoms with Gasteiger partial charge in [0, 0.05) is 6.04 Å². The lowest BCUT2D eigenvalue weighted by molar-refractivity contribution is 0.399. The first-order valence-corrected chi connectivity index (χ1v) is 5.02. The van der Waals surface area contributed by atoms with E-state index in [4.69, 9.17) is 0 Å². The molecule has 1 nitrogen and oxygen atoms in total. The second kappa shape index (κ2) is 6.24. The summed E-state index contributed by atoms with van der Waals surface area (Å²) in [6.45, 7) is 13.8. The molecule has 12 heavy (non-hydrogen) atoms. The van der Waals surface area contributed by atoms with Crippen LogP contribution in [-0.4, -0.2) is 12.6 Å². The van der Waals surface area contributed by atoms with Gasteiger partial charge < -0.3 is 5.32 Å². The predicted molar refractivity (Wildman–Crippen MR) is 56.4 cm³/mol. The summed E-state index contributed by atoms with van der Waals surface area (Å²) in [7, 11) is 0. The van der Waals surface area contributed by atoms with Crippen molar-refractivity contribution in [2.45, 2.75) is 46.6 Å². The number of nitrogens with one attached hydrogen (secondary N) is 1. The van der Waals surface area contributed by atoms with Crippen LogP contribution in [0.4, 0.5) is 0 Å². The highest BCUT2D eigenvalue weighted by Gasteiger charge is 2.15. The van der Waals surface area contributed by atoms with Crippen molar-refractivity contribution in [2.75, 3.05) is 6.54 Å². The average molecular weight is 169 g/mol. The van der Waals surface area contributed by atoms with Crippen molar-refractivity contribution < 1.29 is 0 Å². The zero-order valence-corrected chi connectivity index (χ0v) is 8.98. The molecule has 0 aromatic rings. The van der Waals surface area contributed by atoms with E-state index in [-0.39, 0.29) is 0 Å². The maximum atomic E-state index is 4.01. The Balaban J connectivity index is 3.99. The Bertz CT molecular complexity index is 129. The van der Waals surface area contributed by atoms with E-state index in [9.17, 15) is 0 Å². The Hall–Kier alpha value is -0.300. The van der Waals surface area contributed by atoms with Crippen LogP contribution < -0.4 is 5.32 Å². The van der Waals surface area contributed by atoms with E-state index in [1.54, 1.807) is 0 Å². The molecule has 0 aliphatic carbocycles. The third-order valence-corrected chi connectivity index (χ3v) is 2.27. The van der Waals surface area contributed by atoms with Gasteiger partial charge in [-0.1, -0.05) is 39.3 Å². The van der Waals surface area contributed by atoms with Gasteiger partial charge in [-0.3, -0.25) is 0 Å². The minimum atomic E-state index is 0.509. The molecule has 0 fully saturated rings. The molecule has 0 spiro atoms. The van der Waals surface area contributed by atoms with Crippen LogP contribution >= 0.6 is 0 Å². The van der Waals surface area contributed by atoms with Crippen LogP contribution in [0.1, 0.15) is 40.5 Å². The molecule has 0 rings (SSSR count). The fraction of sp³-hybridized carbons (Fsp3) is 0.818. The molecule has 0 aliphatic rings. The van der Waals surface area contributed by atoms with Gasteiger partial charge in [0.15, 0.2) is 0 Å². The van der Waals surface area contributed by atoms with E-state index < -0.39 is 0 Å². The lowest BCUT2D eigenvalue weighted by Crippen LogP contribution is -2.35. The van der Waals surface area contributed by atoms with Gasteiger partial charge in [-0.05, 0) is 25.8 Å². The van der Waals surface area contributed by atoms with Crippen LogP contribution in [-0.2, 0) is 0 Å². The summed E-state index contributed by atoms with van der Waals surface area (Å²) in [4.78, 5) is 0. The molecular formula is C11H23N. The molecule has 0 saturated heterocycles. The molecule has 2 unspecified atom stereocenters. The SMILES string of the molecule is C=C(C)C(NCC)C(C)CCC. The smallest absolute Gasteiger partial charge is 0.0299 e. The van der Waals surface area contributed by atoms with Gasteiger partial charge in [-0.2, -0.15) is 0 Å². The second-order valence-corrected chi connectivity index (χ2v) is 3.65. The van der Waals surface area contributed by atoms with Crippen LogP contribution in [0.25, 0.3) is 0 Å². The molecule has 1 heteroatoms. The summed E-state index contributed by atoms with van der Waals surface area (Å²) < 4.78 is 0. The normalized spacial score (nSPS) is 15.7. The zero-order chi connectivity index (χ0) is 9.56. The van der Waals surface area contributed by atoms with Crippen LogP contribution in [0, 0.1) is 5.92 Å². The Morgan fingerprint density at radius 1 is 1.42 bits per heavy atom. The number of hydrogen-bond acceptors (Lipinski definition) is 1. The molecule has 0 saturated carbocycles. The summed E-state index contributed by atoms with van der Waals surface area (Å²) in [6.07, 6.45) is 2.54. The third-order valence-electron chi connectivity index (χ3n) is 2.27. The Labute approximate surface area is 77.2 Å². The minimum absolute atomic E-state index is 0.509. The molecule has 0 aromatic heterocycles. The van der Waals surface area contributed by atoms with Crippen molar-refractivity contribution in [3.05, 3.63) is 12.2 Å². The van der Waals surface area contributed by atoms with Crippen molar-refractivity contribution in [3.63, 3.8) is 0 Å². The first-order chi connectivity index (χ1) is 5.63. The quantitative estimate of drug-likeness (QED) is 0.603. The largest absolute Gasteiger partial charge is 0.310 e. The maximum absolute atomic E-state index is 4.01. The maximum Gasteiger partial charge on any atom is 0.0299 e. The van der Waals surface area contributed by atoms with Crippen molar-refractivity contribution in [1.82, 2.24) is 5.32 Å². The fourth-order valence-corrected chi connectivity index (χ4v) is 1.70. The van der Waals surface area contributed by atoms with Crippen molar-refractivity contribution in [2.24, 2.45) is 5.92 Å². The van der Waals surface area contributed by atoms with E-state index in [2.05, 4.69) is 39.6 Å². The third kappa shape index (κ3) is 3.91. The van der Waals surface area contributed by atoms with E-state index in [1.165, 1.54) is 18.4 Å². The highest BCUT2D eigenvalue weighted by Crippen LogP contribution is 2.15. The molecule has 0 aliphatic heterocycles. The van der Waals surface area contributed by atoms with Gasteiger partial charge in [0.2, 0.25) is 0 Å². The van der Waals surface area contributed by atoms with Gasteiger partial charge in [-0.15, -0.1) is 0 Å². The van der Waals surface area contributed by atoms with Crippen LogP contribution in [0.2, 0.25) is 0 Å². The summed E-state index contributed by atoms with van der Waals surface area (Å²) in [6, 6.07) is 0.509. The van der Waals surface area contributed by atoms with E-state index >= 15 is 0 Å². The lowest BCUT2D eigenvalue weighted by Gasteiger charge is -2.24. The number of hydrogen-bond donors (Lipinski definition) is 1. The molecule has 72 valence electrons. The summed E-state index contributed by atoms with van der Waals surface area (Å²) in [5.41, 5.74) is 1.26. The highest BCUT2D eigenvalue weighted by molar-refractivity contribution is 5.03. The lowest BCUT2D eigenvalue weighted by atomic mass is 9.92. The van der Waals surface area contributed by atoms with Crippen LogP contribution in [0.15, 0.2) is 12.2 Å². The van der Waals surface area contributed by atoms with Crippen molar-refractivity contribution in [1.29, 1.82) is 0 Å². The van der Waals surface area contributed by atoms with Crippen molar-refractivity contribution >= 4 is 0 Å². The number of rotatable bonds is 6. The molecular weight excluding hydrogens is 146 g/mol. The Kier molecular flexibility index (Phi) is 6.09. The first-order valence-electron chi connectivity index (χ1n) is 5.02. The second-order valence-electron chi connectivity index (χ2n) is 3.65. The Morgan fingerprint density at radius 3 is 2.33 bits per heavy atom. The van der Waals surface area contributed by atoms with Gasteiger partial charge in [0.25, 0.3) is 0 Å². The summed E-state index contributed by atoms with van der Waals surface area (Å²) in [5, 5.41) is 3.47. The minimum Gasteiger partial charge on any atom is -0.310 e. The summed E-state index contributed by atoms with van der Waals surface area (Å²) >= 11 is 0. The monoisotopic (exact) mass is 169 g/mol. The molecule has 0 aromatic carbocycles. The molecule has 0 radical (unpaired) electrons. The zero-order valence-electron chi connectivity index (χ0n) is 8.98. The average Bonchev–Trinajstić information content (AvgIpc) is 1.99. The molecule has 1 N–H and O–H groups in total. The molecule has 2 atom stereocenters. The standard InChI is InChI=1S/C11H23N/c1-6-8-10(5)11(9(3)4)12-7-2/h10-12H,3,6-8H2,1-2,4-5H3. The molecule has 0 amide bonds. The van der Waals surface area contributed by atoms with Gasteiger partial charge in [0.05, 0.1) is 0 Å². The van der Waals surface area contributed by atoms with E-state index in [0.717, 1.165) is 6.54 Å². The Morgan fingerprint density at radius 2 is 2.00 bits per heavy atom. The van der Waals surface area contributed by atoms with Gasteiger partial charge in [0.1, 0.15) is 0 Å². The predicted octanol–water partition coefficient (Wildman–Crippen LogP) is 2.98. The first kappa shape index (κ1) is 11.7.